The molecule has 2 aromatic carbocycles. The van der Waals surface area contributed by atoms with Gasteiger partial charge in [0.1, 0.15) is 5.82 Å². The first-order valence-electron chi connectivity index (χ1n) is 8.19. The number of nitrogens with one attached hydrogen (secondary N) is 1. The van der Waals surface area contributed by atoms with E-state index in [1.54, 1.807) is 6.07 Å². The number of ketones is 1. The van der Waals surface area contributed by atoms with Crippen LogP contribution in [0.2, 0.25) is 0 Å². The van der Waals surface area contributed by atoms with E-state index in [1.165, 1.54) is 24.3 Å². The van der Waals surface area contributed by atoms with Crippen LogP contribution in [0.1, 0.15) is 27.9 Å². The molecular weight excluding hydrogens is 391 g/mol. The summed E-state index contributed by atoms with van der Waals surface area (Å²) in [4.78, 5) is 19.0. The maximum Gasteiger partial charge on any atom is 0.271 e. The van der Waals surface area contributed by atoms with Gasteiger partial charge in [-0.2, -0.15) is 5.26 Å². The molecule has 0 amide bonds. The third-order valence-corrected chi connectivity index (χ3v) is 5.64. The van der Waals surface area contributed by atoms with Crippen molar-refractivity contribution in [2.24, 2.45) is 0 Å². The van der Waals surface area contributed by atoms with Crippen molar-refractivity contribution < 1.29 is 31.9 Å². The smallest absolute Gasteiger partial charge is 0.271 e. The minimum absolute atomic E-state index is 0.0351. The molecule has 1 saturated heterocycles. The molecule has 1 fully saturated rings. The largest absolute Gasteiger partial charge is 0.393 e. The Labute approximate surface area is 159 Å². The first-order valence-corrected chi connectivity index (χ1v) is 9.67. The molecule has 28 heavy (non-hydrogen) atoms. The molecule has 0 saturated carbocycles. The van der Waals surface area contributed by atoms with Crippen molar-refractivity contribution in [3.8, 4) is 11.8 Å². The highest BCUT2D eigenvalue weighted by molar-refractivity contribution is 7.89. The fraction of sp³-hybridized carbons (Fsp3) is 0.222. The predicted octanol–water partition coefficient (Wildman–Crippen LogP) is 1.76. The topological polar surface area (TPSA) is 115 Å². The molecular formula is C18H13FN2O6S. The summed E-state index contributed by atoms with van der Waals surface area (Å²) in [5.74, 6) is -2.69. The normalized spacial score (nSPS) is 17.5. The molecule has 0 radical (unpaired) electrons. The van der Waals surface area contributed by atoms with E-state index < -0.39 is 21.6 Å². The first-order chi connectivity index (χ1) is 13.3. The van der Waals surface area contributed by atoms with Gasteiger partial charge in [-0.15, -0.1) is 0 Å². The van der Waals surface area contributed by atoms with Crippen LogP contribution in [0.3, 0.4) is 0 Å². The number of halogens is 1. The Bertz CT molecular complexity index is 1120. The van der Waals surface area contributed by atoms with E-state index >= 15 is 0 Å². The molecule has 1 aliphatic heterocycles. The number of fused-ring (bicyclic) bond motifs is 2. The third-order valence-electron chi connectivity index (χ3n) is 4.41. The zero-order valence-corrected chi connectivity index (χ0v) is 15.1. The van der Waals surface area contributed by atoms with Gasteiger partial charge in [-0.1, -0.05) is 12.1 Å². The zero-order chi connectivity index (χ0) is 19.9. The third kappa shape index (κ3) is 3.04. The Morgan fingerprint density at radius 2 is 1.96 bits per heavy atom. The van der Waals surface area contributed by atoms with Crippen molar-refractivity contribution in [2.45, 2.75) is 17.1 Å². The van der Waals surface area contributed by atoms with Gasteiger partial charge in [0.05, 0.1) is 36.2 Å². The molecule has 1 heterocycles. The molecule has 1 N–H and O–H groups in total. The Morgan fingerprint density at radius 1 is 1.21 bits per heavy atom. The number of sulfonamides is 1. The van der Waals surface area contributed by atoms with Crippen molar-refractivity contribution in [3.63, 3.8) is 0 Å². The van der Waals surface area contributed by atoms with E-state index in [2.05, 4.69) is 0 Å². The van der Waals surface area contributed by atoms with Crippen LogP contribution >= 0.6 is 0 Å². The highest BCUT2D eigenvalue weighted by atomic mass is 32.2. The van der Waals surface area contributed by atoms with Crippen molar-refractivity contribution in [2.75, 3.05) is 13.2 Å². The summed E-state index contributed by atoms with van der Waals surface area (Å²) in [5, 5.41) is 8.87. The van der Waals surface area contributed by atoms with Crippen molar-refractivity contribution in [3.05, 3.63) is 58.9 Å². The summed E-state index contributed by atoms with van der Waals surface area (Å²) in [6.45, 7) is 0.455. The Kier molecular flexibility index (Phi) is 4.40. The van der Waals surface area contributed by atoms with E-state index in [0.29, 0.717) is 0 Å². The minimum atomic E-state index is -4.29. The average molecular weight is 404 g/mol. The molecule has 1 aliphatic carbocycles. The number of carbonyl (C=O) groups excluding carboxylic acids is 1. The van der Waals surface area contributed by atoms with Gasteiger partial charge in [0.25, 0.3) is 10.0 Å². The van der Waals surface area contributed by atoms with Gasteiger partial charge >= 0.3 is 0 Å². The number of benzene rings is 2. The van der Waals surface area contributed by atoms with Crippen LogP contribution in [0.25, 0.3) is 0 Å². The second kappa shape index (κ2) is 6.65. The van der Waals surface area contributed by atoms with Crippen LogP contribution in [0.4, 0.5) is 4.39 Å². The maximum absolute atomic E-state index is 13.5. The predicted molar refractivity (Wildman–Crippen MR) is 91.0 cm³/mol. The van der Waals surface area contributed by atoms with Crippen molar-refractivity contribution in [1.29, 1.82) is 5.26 Å². The van der Waals surface area contributed by atoms with Gasteiger partial charge in [0.2, 0.25) is 5.79 Å². The summed E-state index contributed by atoms with van der Waals surface area (Å²) in [6, 6.07) is 9.04. The number of ether oxygens (including phenoxy) is 2. The van der Waals surface area contributed by atoms with E-state index in [1.807, 2.05) is 4.89 Å². The molecule has 2 aromatic rings. The molecule has 1 spiro atoms. The Hall–Kier alpha value is -2.84. The standard InChI is InChI=1S/C18H13FN2O6S/c19-12-6-11(10-20)7-13(8-12)27-21-28(23,24)16-3-1-2-14-15(22)9-18(17(14)16)25-4-5-26-18/h1-3,6-8,21H,4-5,9H2. The number of hydrogen-bond donors (Lipinski definition) is 1. The number of nitrogens with zero attached hydrogens (tertiary/aromatic N) is 1. The Morgan fingerprint density at radius 3 is 2.68 bits per heavy atom. The quantitative estimate of drug-likeness (QED) is 0.772. The molecule has 144 valence electrons. The van der Waals surface area contributed by atoms with Gasteiger partial charge in [-0.05, 0) is 17.0 Å². The number of Topliss-reactive ketones (excluding diaryl/α,β-unsaturated/α-hetero) is 1. The van der Waals surface area contributed by atoms with E-state index in [4.69, 9.17) is 19.6 Å². The number of rotatable bonds is 4. The van der Waals surface area contributed by atoms with Crippen LogP contribution < -0.4 is 9.72 Å². The second-order valence-electron chi connectivity index (χ2n) is 6.20. The van der Waals surface area contributed by atoms with Gasteiger partial charge in [-0.3, -0.25) is 4.79 Å². The summed E-state index contributed by atoms with van der Waals surface area (Å²) < 4.78 is 50.3. The van der Waals surface area contributed by atoms with Gasteiger partial charge in [0.15, 0.2) is 11.5 Å². The maximum atomic E-state index is 13.5. The Balaban J connectivity index is 1.69. The zero-order valence-electron chi connectivity index (χ0n) is 14.3. The fourth-order valence-corrected chi connectivity index (χ4v) is 4.40. The first kappa shape index (κ1) is 18.5. The summed E-state index contributed by atoms with van der Waals surface area (Å²) in [6.07, 6.45) is -0.120. The van der Waals surface area contributed by atoms with E-state index in [0.717, 1.165) is 12.1 Å². The molecule has 0 aromatic heterocycles. The second-order valence-corrected chi connectivity index (χ2v) is 7.82. The molecule has 2 aliphatic rings. The number of hydrogen-bond acceptors (Lipinski definition) is 7. The summed E-state index contributed by atoms with van der Waals surface area (Å²) in [5.41, 5.74) is 0.278. The number of nitriles is 1. The van der Waals surface area contributed by atoms with E-state index in [9.17, 15) is 17.6 Å². The van der Waals surface area contributed by atoms with Crippen molar-refractivity contribution >= 4 is 15.8 Å². The molecule has 4 rings (SSSR count). The lowest BCUT2D eigenvalue weighted by Gasteiger charge is -2.24. The highest BCUT2D eigenvalue weighted by Crippen LogP contribution is 2.46. The average Bonchev–Trinajstić information content (AvgIpc) is 3.25. The van der Waals surface area contributed by atoms with Gasteiger partial charge < -0.3 is 14.3 Å². The molecule has 0 unspecified atom stereocenters. The molecule has 0 bridgehead atoms. The van der Waals surface area contributed by atoms with Crippen LogP contribution in [0.5, 0.6) is 5.75 Å². The molecule has 10 heteroatoms. The monoisotopic (exact) mass is 404 g/mol. The van der Waals surface area contributed by atoms with Gasteiger partial charge in [-0.25, -0.2) is 12.8 Å². The van der Waals surface area contributed by atoms with E-state index in [-0.39, 0.29) is 52.8 Å². The summed E-state index contributed by atoms with van der Waals surface area (Å²) in [7, 11) is -4.29. The fourth-order valence-electron chi connectivity index (χ4n) is 3.31. The van der Waals surface area contributed by atoms with Crippen molar-refractivity contribution in [1.82, 2.24) is 4.89 Å². The van der Waals surface area contributed by atoms with Crippen LogP contribution in [-0.2, 0) is 25.3 Å². The van der Waals surface area contributed by atoms with Gasteiger partial charge in [0, 0.05) is 23.3 Å². The summed E-state index contributed by atoms with van der Waals surface area (Å²) >= 11 is 0. The SMILES string of the molecule is N#Cc1cc(F)cc(ONS(=O)(=O)c2cccc3c2C2(CC3=O)OCCO2)c1. The lowest BCUT2D eigenvalue weighted by atomic mass is 10.1. The molecule has 8 nitrogen and oxygen atoms in total. The minimum Gasteiger partial charge on any atom is -0.393 e. The van der Waals surface area contributed by atoms with Crippen LogP contribution in [0.15, 0.2) is 41.3 Å². The molecule has 0 atom stereocenters. The lowest BCUT2D eigenvalue weighted by molar-refractivity contribution is -0.159. The van der Waals surface area contributed by atoms with Crippen LogP contribution in [0, 0.1) is 17.1 Å². The number of carbonyl (C=O) groups is 1. The van der Waals surface area contributed by atoms with Crippen LogP contribution in [-0.4, -0.2) is 27.4 Å². The highest BCUT2D eigenvalue weighted by Gasteiger charge is 2.51. The lowest BCUT2D eigenvalue weighted by Crippen LogP contribution is -2.32.